The maximum absolute atomic E-state index is 12.8. The van der Waals surface area contributed by atoms with Crippen molar-refractivity contribution in [3.63, 3.8) is 0 Å². The molecule has 4 aromatic rings. The van der Waals surface area contributed by atoms with Gasteiger partial charge in [0.2, 0.25) is 5.82 Å². The zero-order chi connectivity index (χ0) is 20.4. The van der Waals surface area contributed by atoms with Gasteiger partial charge in [0, 0.05) is 20.7 Å². The summed E-state index contributed by atoms with van der Waals surface area (Å²) in [6, 6.07) is 22.6. The maximum Gasteiger partial charge on any atom is 0.295 e. The minimum absolute atomic E-state index is 0.0727. The molecule has 0 bridgehead atoms. The second kappa shape index (κ2) is 8.19. The lowest BCUT2D eigenvalue weighted by molar-refractivity contribution is 0.101. The Hall–Kier alpha value is -2.96. The van der Waals surface area contributed by atoms with Crippen LogP contribution in [-0.2, 0) is 0 Å². The van der Waals surface area contributed by atoms with Gasteiger partial charge in [-0.25, -0.2) is 9.67 Å². The third-order valence-corrected chi connectivity index (χ3v) is 5.28. The number of benzene rings is 3. The highest BCUT2D eigenvalue weighted by Gasteiger charge is 2.19. The van der Waals surface area contributed by atoms with Crippen LogP contribution >= 0.6 is 27.5 Å². The summed E-state index contributed by atoms with van der Waals surface area (Å²) < 4.78 is 2.63. The van der Waals surface area contributed by atoms with Crippen molar-refractivity contribution in [2.75, 3.05) is 5.32 Å². The van der Waals surface area contributed by atoms with E-state index in [-0.39, 0.29) is 5.82 Å². The van der Waals surface area contributed by atoms with Gasteiger partial charge in [-0.1, -0.05) is 63.9 Å². The van der Waals surface area contributed by atoms with Crippen LogP contribution in [0, 0.1) is 6.92 Å². The van der Waals surface area contributed by atoms with Gasteiger partial charge in [-0.05, 0) is 48.9 Å². The highest BCUT2D eigenvalue weighted by Crippen LogP contribution is 2.24. The van der Waals surface area contributed by atoms with Crippen molar-refractivity contribution in [2.24, 2.45) is 0 Å². The summed E-state index contributed by atoms with van der Waals surface area (Å²) in [5.41, 5.74) is 3.19. The molecule has 4 rings (SSSR count). The zero-order valence-corrected chi connectivity index (χ0v) is 17.8. The molecule has 5 nitrogen and oxygen atoms in total. The molecule has 0 aliphatic heterocycles. The summed E-state index contributed by atoms with van der Waals surface area (Å²) in [6.07, 6.45) is 0. The molecule has 0 saturated heterocycles. The van der Waals surface area contributed by atoms with Crippen LogP contribution in [0.1, 0.15) is 16.2 Å². The molecule has 1 heterocycles. The first-order valence-corrected chi connectivity index (χ1v) is 10.0. The molecule has 0 aliphatic carbocycles. The van der Waals surface area contributed by atoms with E-state index in [2.05, 4.69) is 31.3 Å². The summed E-state index contributed by atoms with van der Waals surface area (Å²) in [4.78, 5) is 17.3. The van der Waals surface area contributed by atoms with Crippen molar-refractivity contribution >= 4 is 39.1 Å². The SMILES string of the molecule is Cc1ccc(NC(=O)c2nc(-c3ccc(Br)cc3)n(-c3ccccc3)n2)cc1Cl. The van der Waals surface area contributed by atoms with Gasteiger partial charge < -0.3 is 5.32 Å². The van der Waals surface area contributed by atoms with Crippen LogP contribution in [0.2, 0.25) is 5.02 Å². The average Bonchev–Trinajstić information content (AvgIpc) is 3.18. The van der Waals surface area contributed by atoms with Crippen molar-refractivity contribution in [3.05, 3.63) is 93.7 Å². The highest BCUT2D eigenvalue weighted by molar-refractivity contribution is 9.10. The van der Waals surface area contributed by atoms with Gasteiger partial charge in [0.05, 0.1) is 5.69 Å². The maximum atomic E-state index is 12.8. The molecule has 0 saturated carbocycles. The number of hydrogen-bond donors (Lipinski definition) is 1. The van der Waals surface area contributed by atoms with Crippen molar-refractivity contribution in [3.8, 4) is 17.1 Å². The molecule has 1 amide bonds. The summed E-state index contributed by atoms with van der Waals surface area (Å²) in [7, 11) is 0. The van der Waals surface area contributed by atoms with Crippen LogP contribution in [0.15, 0.2) is 77.3 Å². The van der Waals surface area contributed by atoms with Crippen molar-refractivity contribution in [1.29, 1.82) is 0 Å². The van der Waals surface area contributed by atoms with Crippen molar-refractivity contribution in [2.45, 2.75) is 6.92 Å². The van der Waals surface area contributed by atoms with Crippen molar-refractivity contribution in [1.82, 2.24) is 14.8 Å². The number of amides is 1. The molecule has 1 aromatic heterocycles. The first-order valence-electron chi connectivity index (χ1n) is 8.87. The molecule has 29 heavy (non-hydrogen) atoms. The van der Waals surface area contributed by atoms with E-state index in [0.717, 1.165) is 21.3 Å². The van der Waals surface area contributed by atoms with E-state index >= 15 is 0 Å². The molecule has 0 unspecified atom stereocenters. The number of para-hydroxylation sites is 1. The summed E-state index contributed by atoms with van der Waals surface area (Å²) >= 11 is 9.60. The fourth-order valence-corrected chi connectivity index (χ4v) is 3.25. The molecule has 3 aromatic carbocycles. The lowest BCUT2D eigenvalue weighted by atomic mass is 10.2. The van der Waals surface area contributed by atoms with Gasteiger partial charge in [0.1, 0.15) is 0 Å². The number of carbonyl (C=O) groups excluding carboxylic acids is 1. The largest absolute Gasteiger partial charge is 0.319 e. The number of anilines is 1. The van der Waals surface area contributed by atoms with Crippen LogP contribution in [-0.4, -0.2) is 20.7 Å². The van der Waals surface area contributed by atoms with Crippen LogP contribution in [0.25, 0.3) is 17.1 Å². The lowest BCUT2D eigenvalue weighted by Crippen LogP contribution is -2.14. The minimum atomic E-state index is -0.405. The fourth-order valence-electron chi connectivity index (χ4n) is 2.80. The number of hydrogen-bond acceptors (Lipinski definition) is 3. The number of carbonyl (C=O) groups is 1. The number of aryl methyl sites for hydroxylation is 1. The second-order valence-electron chi connectivity index (χ2n) is 6.43. The summed E-state index contributed by atoms with van der Waals surface area (Å²) in [6.45, 7) is 1.90. The van der Waals surface area contributed by atoms with E-state index in [4.69, 9.17) is 11.6 Å². The molecule has 0 aliphatic rings. The molecule has 0 atom stereocenters. The fraction of sp³-hybridized carbons (Fsp3) is 0.0455. The van der Waals surface area contributed by atoms with E-state index in [1.807, 2.05) is 67.6 Å². The predicted molar refractivity (Wildman–Crippen MR) is 119 cm³/mol. The molecular weight excluding hydrogens is 452 g/mol. The molecular formula is C22H16BrClN4O. The third-order valence-electron chi connectivity index (χ3n) is 4.34. The third kappa shape index (κ3) is 4.23. The lowest BCUT2D eigenvalue weighted by Gasteiger charge is -2.05. The van der Waals surface area contributed by atoms with Crippen LogP contribution in [0.5, 0.6) is 0 Å². The van der Waals surface area contributed by atoms with Gasteiger partial charge >= 0.3 is 0 Å². The van der Waals surface area contributed by atoms with Crippen molar-refractivity contribution < 1.29 is 4.79 Å². The first kappa shape index (κ1) is 19.4. The normalized spacial score (nSPS) is 10.7. The Kier molecular flexibility index (Phi) is 5.47. The number of nitrogens with one attached hydrogen (secondary N) is 1. The van der Waals surface area contributed by atoms with Crippen LogP contribution in [0.4, 0.5) is 5.69 Å². The van der Waals surface area contributed by atoms with Gasteiger partial charge in [-0.15, -0.1) is 5.10 Å². The number of aromatic nitrogens is 3. The van der Waals surface area contributed by atoms with Gasteiger partial charge in [0.25, 0.3) is 5.91 Å². The Balaban J connectivity index is 1.73. The first-order chi connectivity index (χ1) is 14.0. The van der Waals surface area contributed by atoms with Gasteiger partial charge in [-0.3, -0.25) is 4.79 Å². The van der Waals surface area contributed by atoms with Crippen LogP contribution in [0.3, 0.4) is 0 Å². The Morgan fingerprint density at radius 1 is 1.03 bits per heavy atom. The topological polar surface area (TPSA) is 59.8 Å². The number of nitrogens with zero attached hydrogens (tertiary/aromatic N) is 3. The number of halogens is 2. The van der Waals surface area contributed by atoms with Gasteiger partial charge in [-0.2, -0.15) is 0 Å². The van der Waals surface area contributed by atoms with E-state index in [9.17, 15) is 4.79 Å². The van der Waals surface area contributed by atoms with Gasteiger partial charge in [0.15, 0.2) is 5.82 Å². The Bertz CT molecular complexity index is 1170. The molecule has 7 heteroatoms. The van der Waals surface area contributed by atoms with Crippen LogP contribution < -0.4 is 5.32 Å². The Labute approximate surface area is 181 Å². The monoisotopic (exact) mass is 466 g/mol. The number of rotatable bonds is 4. The smallest absolute Gasteiger partial charge is 0.295 e. The molecule has 0 radical (unpaired) electrons. The van der Waals surface area contributed by atoms with E-state index in [1.165, 1.54) is 0 Å². The molecule has 1 N–H and O–H groups in total. The van der Waals surface area contributed by atoms with E-state index in [0.29, 0.717) is 16.5 Å². The Morgan fingerprint density at radius 2 is 1.76 bits per heavy atom. The zero-order valence-electron chi connectivity index (χ0n) is 15.4. The summed E-state index contributed by atoms with van der Waals surface area (Å²) in [5, 5.41) is 7.86. The van der Waals surface area contributed by atoms with E-state index < -0.39 is 5.91 Å². The quantitative estimate of drug-likeness (QED) is 0.406. The summed E-state index contributed by atoms with van der Waals surface area (Å²) in [5.74, 6) is 0.247. The Morgan fingerprint density at radius 3 is 2.45 bits per heavy atom. The molecule has 0 fully saturated rings. The van der Waals surface area contributed by atoms with E-state index in [1.54, 1.807) is 16.8 Å². The average molecular weight is 468 g/mol. The second-order valence-corrected chi connectivity index (χ2v) is 7.75. The molecule has 0 spiro atoms. The minimum Gasteiger partial charge on any atom is -0.319 e. The standard InChI is InChI=1S/C22H16BrClN4O/c1-14-7-12-17(13-19(14)24)25-22(29)20-26-21(15-8-10-16(23)11-9-15)28(27-20)18-5-3-2-4-6-18/h2-13H,1H3,(H,25,29). The highest BCUT2D eigenvalue weighted by atomic mass is 79.9. The molecule has 144 valence electrons. The predicted octanol–water partition coefficient (Wildman–Crippen LogP) is 5.91.